The molecule has 0 amide bonds. The molecular formula is C24H20P2S2. The Kier molecular flexibility index (Phi) is 4.85. The van der Waals surface area contributed by atoms with Crippen molar-refractivity contribution in [1.82, 2.24) is 0 Å². The van der Waals surface area contributed by atoms with E-state index in [-0.39, 0.29) is 0 Å². The van der Waals surface area contributed by atoms with Crippen molar-refractivity contribution in [2.24, 2.45) is 0 Å². The number of hydrogen-bond acceptors (Lipinski definition) is 2. The molecular weight excluding hydrogens is 414 g/mol. The van der Waals surface area contributed by atoms with Gasteiger partial charge in [0, 0.05) is 0 Å². The van der Waals surface area contributed by atoms with E-state index in [1.54, 1.807) is 0 Å². The molecule has 1 aliphatic rings. The van der Waals surface area contributed by atoms with E-state index < -0.39 is 12.3 Å². The second-order valence-electron chi connectivity index (χ2n) is 6.72. The fourth-order valence-electron chi connectivity index (χ4n) is 3.76. The van der Waals surface area contributed by atoms with Crippen molar-refractivity contribution in [3.05, 3.63) is 121 Å². The van der Waals surface area contributed by atoms with E-state index >= 15 is 0 Å². The Morgan fingerprint density at radius 2 is 0.750 bits per heavy atom. The molecule has 138 valence electrons. The Bertz CT molecular complexity index is 984. The predicted octanol–water partition coefficient (Wildman–Crippen LogP) is 6.46. The van der Waals surface area contributed by atoms with Gasteiger partial charge in [-0.25, -0.2) is 0 Å². The molecule has 0 atom stereocenters. The van der Waals surface area contributed by atoms with Crippen LogP contribution in [0.5, 0.6) is 0 Å². The van der Waals surface area contributed by atoms with Crippen LogP contribution in [0.25, 0.3) is 0 Å². The Morgan fingerprint density at radius 1 is 0.429 bits per heavy atom. The van der Waals surface area contributed by atoms with E-state index in [0.29, 0.717) is 0 Å². The monoisotopic (exact) mass is 434 g/mol. The normalized spacial score (nSPS) is 18.1. The van der Waals surface area contributed by atoms with Gasteiger partial charge < -0.3 is 0 Å². The van der Waals surface area contributed by atoms with Crippen molar-refractivity contribution in [2.75, 3.05) is 0 Å². The van der Waals surface area contributed by atoms with Gasteiger partial charge in [-0.1, -0.05) is 0 Å². The fourth-order valence-corrected chi connectivity index (χ4v) is 34.4. The molecule has 1 fully saturated rings. The van der Waals surface area contributed by atoms with Gasteiger partial charge in [-0.15, -0.1) is 0 Å². The Labute approximate surface area is 175 Å². The van der Waals surface area contributed by atoms with E-state index in [2.05, 4.69) is 142 Å². The molecule has 4 aromatic carbocycles. The molecule has 28 heavy (non-hydrogen) atoms. The second kappa shape index (κ2) is 7.36. The molecule has 1 aliphatic heterocycles. The van der Waals surface area contributed by atoms with Crippen molar-refractivity contribution in [3.63, 3.8) is 0 Å². The zero-order valence-corrected chi connectivity index (χ0v) is 18.7. The van der Waals surface area contributed by atoms with Gasteiger partial charge >= 0.3 is 176 Å². The van der Waals surface area contributed by atoms with Crippen LogP contribution in [-0.4, -0.2) is 0 Å². The van der Waals surface area contributed by atoms with Gasteiger partial charge in [0.05, 0.1) is 0 Å². The second-order valence-corrected chi connectivity index (χ2v) is 25.4. The fraction of sp³-hybridized carbons (Fsp3) is 0. The summed E-state index contributed by atoms with van der Waals surface area (Å²) in [4.78, 5) is 0. The first-order valence-corrected chi connectivity index (χ1v) is 16.9. The summed E-state index contributed by atoms with van der Waals surface area (Å²) in [6.45, 7) is 0. The first-order valence-electron chi connectivity index (χ1n) is 9.27. The van der Waals surface area contributed by atoms with Crippen LogP contribution in [0, 0.1) is 0 Å². The molecule has 0 aromatic heterocycles. The summed E-state index contributed by atoms with van der Waals surface area (Å²) < 4.78 is -2.48. The van der Waals surface area contributed by atoms with E-state index in [1.807, 2.05) is 0 Å². The zero-order chi connectivity index (χ0) is 18.9. The minimum atomic E-state index is -2.48. The summed E-state index contributed by atoms with van der Waals surface area (Å²) >= 11 is 0. The van der Waals surface area contributed by atoms with Crippen molar-refractivity contribution < 1.29 is 0 Å². The molecule has 0 bridgehead atoms. The number of benzene rings is 4. The van der Waals surface area contributed by atoms with Gasteiger partial charge in [-0.3, -0.25) is 0 Å². The van der Waals surface area contributed by atoms with Crippen LogP contribution < -0.4 is 21.2 Å². The molecule has 1 saturated heterocycles. The average Bonchev–Trinajstić information content (AvgIpc) is 3.55. The van der Waals surface area contributed by atoms with Crippen molar-refractivity contribution in [2.45, 2.75) is 0 Å². The molecule has 0 N–H and O–H groups in total. The van der Waals surface area contributed by atoms with Crippen LogP contribution in [-0.2, 0) is 0 Å². The Balaban J connectivity index is 1.86. The molecule has 5 rings (SSSR count). The molecule has 0 aliphatic carbocycles. The summed E-state index contributed by atoms with van der Waals surface area (Å²) in [5.41, 5.74) is 0. The van der Waals surface area contributed by atoms with E-state index in [0.717, 1.165) is 0 Å². The molecule has 0 unspecified atom stereocenters. The van der Waals surface area contributed by atoms with Crippen molar-refractivity contribution in [1.29, 1.82) is 0 Å². The van der Waals surface area contributed by atoms with Gasteiger partial charge in [0.25, 0.3) is 0 Å². The molecule has 0 saturated carbocycles. The van der Waals surface area contributed by atoms with Gasteiger partial charge in [0.2, 0.25) is 0 Å². The topological polar surface area (TPSA) is 0 Å². The van der Waals surface area contributed by atoms with Crippen LogP contribution in [0.1, 0.15) is 0 Å². The Hall–Kier alpha value is -1.56. The quantitative estimate of drug-likeness (QED) is 0.201. The Morgan fingerprint density at radius 3 is 1.07 bits per heavy atom. The number of rotatable bonds is 5. The molecule has 4 aromatic rings. The maximum atomic E-state index is 2.36. The van der Waals surface area contributed by atoms with Crippen LogP contribution >= 0.6 is 33.1 Å². The summed E-state index contributed by atoms with van der Waals surface area (Å²) in [5, 5.41) is 5.94. The van der Waals surface area contributed by atoms with E-state index in [1.165, 1.54) is 21.2 Å². The predicted molar refractivity (Wildman–Crippen MR) is 133 cm³/mol. The van der Waals surface area contributed by atoms with E-state index in [9.17, 15) is 0 Å². The molecule has 4 heteroatoms. The maximum absolute atomic E-state index is 2.48. The van der Waals surface area contributed by atoms with Crippen LogP contribution in [0.3, 0.4) is 0 Å². The van der Waals surface area contributed by atoms with Gasteiger partial charge in [-0.05, 0) is 0 Å². The first kappa shape index (κ1) is 18.5. The molecule has 0 spiro atoms. The first-order chi connectivity index (χ1) is 13.8. The van der Waals surface area contributed by atoms with Crippen molar-refractivity contribution in [3.8, 4) is 0 Å². The summed E-state index contributed by atoms with van der Waals surface area (Å²) in [6, 6.07) is 44.9. The summed E-state index contributed by atoms with van der Waals surface area (Å²) in [5.74, 6) is 0. The third-order valence-corrected chi connectivity index (χ3v) is 31.4. The van der Waals surface area contributed by atoms with Crippen LogP contribution in [0.2, 0.25) is 0 Å². The molecule has 0 radical (unpaired) electrons. The van der Waals surface area contributed by atoms with Crippen LogP contribution in [0.15, 0.2) is 121 Å². The number of hydrogen-bond donors (Lipinski definition) is 0. The standard InChI is InChI=1S/C24H20P2S2/c1-5-13-21(14-6-1)25(22-15-7-2-8-16-22)26(27-28-26,23-17-9-3-10-18-23)24-19-11-4-12-20-24/h1-20H. The van der Waals surface area contributed by atoms with Gasteiger partial charge in [0.15, 0.2) is 0 Å². The average molecular weight is 435 g/mol. The van der Waals surface area contributed by atoms with Crippen LogP contribution in [0.4, 0.5) is 0 Å². The van der Waals surface area contributed by atoms with Crippen molar-refractivity contribution >= 4 is 54.4 Å². The minimum absolute atomic E-state index is 0.563. The summed E-state index contributed by atoms with van der Waals surface area (Å²) in [7, 11) is 3.72. The summed E-state index contributed by atoms with van der Waals surface area (Å²) in [6.07, 6.45) is 0. The van der Waals surface area contributed by atoms with Gasteiger partial charge in [-0.2, -0.15) is 0 Å². The molecule has 0 nitrogen and oxygen atoms in total. The van der Waals surface area contributed by atoms with E-state index in [4.69, 9.17) is 0 Å². The zero-order valence-electron chi connectivity index (χ0n) is 15.3. The SMILES string of the molecule is c1ccc(P(c2ccccc2)P2(c3ccccc3)(c3ccccc3)SS2)cc1. The third kappa shape index (κ3) is 2.78. The van der Waals surface area contributed by atoms with Gasteiger partial charge in [0.1, 0.15) is 0 Å². The molecule has 1 heterocycles. The third-order valence-electron chi connectivity index (χ3n) is 5.08.